The summed E-state index contributed by atoms with van der Waals surface area (Å²) < 4.78 is 5.17. The molecule has 0 spiro atoms. The zero-order chi connectivity index (χ0) is 11.6. The van der Waals surface area contributed by atoms with Gasteiger partial charge in [-0.25, -0.2) is 0 Å². The fourth-order valence-corrected chi connectivity index (χ4v) is 1.49. The van der Waals surface area contributed by atoms with Crippen molar-refractivity contribution in [3.05, 3.63) is 0 Å². The Morgan fingerprint density at radius 3 is 2.27 bits per heavy atom. The number of nitrogens with zero attached hydrogens (tertiary/aromatic N) is 1. The molecule has 4 N–H and O–H groups in total. The molecule has 7 heteroatoms. The first kappa shape index (κ1) is 12.8. The van der Waals surface area contributed by atoms with Crippen molar-refractivity contribution in [3.63, 3.8) is 0 Å². The van der Waals surface area contributed by atoms with E-state index in [2.05, 4.69) is 0 Å². The van der Waals surface area contributed by atoms with Gasteiger partial charge in [-0.1, -0.05) is 0 Å². The molecule has 0 aromatic heterocycles. The lowest BCUT2D eigenvalue weighted by Gasteiger charge is -2.42. The molecule has 0 saturated carbocycles. The lowest BCUT2D eigenvalue weighted by molar-refractivity contribution is -0.320. The van der Waals surface area contributed by atoms with Crippen molar-refractivity contribution in [1.29, 1.82) is 0 Å². The van der Waals surface area contributed by atoms with Gasteiger partial charge in [0, 0.05) is 7.05 Å². The van der Waals surface area contributed by atoms with Crippen molar-refractivity contribution in [2.24, 2.45) is 0 Å². The molecule has 0 radical (unpaired) electrons. The maximum absolute atomic E-state index is 9.58. The van der Waals surface area contributed by atoms with Crippen molar-refractivity contribution in [1.82, 2.24) is 5.06 Å². The van der Waals surface area contributed by atoms with Crippen LogP contribution in [0.25, 0.3) is 0 Å². The van der Waals surface area contributed by atoms with Crippen LogP contribution in [0.3, 0.4) is 0 Å². The van der Waals surface area contributed by atoms with Gasteiger partial charge >= 0.3 is 0 Å². The summed E-state index contributed by atoms with van der Waals surface area (Å²) in [6.07, 6.45) is -5.85. The van der Waals surface area contributed by atoms with Gasteiger partial charge in [0.05, 0.1) is 13.7 Å². The van der Waals surface area contributed by atoms with Gasteiger partial charge < -0.3 is 25.2 Å². The quantitative estimate of drug-likeness (QED) is 0.385. The van der Waals surface area contributed by atoms with E-state index in [9.17, 15) is 15.3 Å². The van der Waals surface area contributed by atoms with Crippen molar-refractivity contribution in [2.75, 3.05) is 20.8 Å². The molecule has 90 valence electrons. The Morgan fingerprint density at radius 1 is 1.20 bits per heavy atom. The molecule has 1 aliphatic rings. The summed E-state index contributed by atoms with van der Waals surface area (Å²) in [4.78, 5) is 4.81. The Bertz CT molecular complexity index is 202. The molecule has 0 aromatic carbocycles. The number of aliphatic hydroxyl groups is 4. The first-order valence-corrected chi connectivity index (χ1v) is 4.60. The Kier molecular flexibility index (Phi) is 4.41. The van der Waals surface area contributed by atoms with Gasteiger partial charge in [0.1, 0.15) is 24.4 Å². The highest BCUT2D eigenvalue weighted by Gasteiger charge is 2.45. The van der Waals surface area contributed by atoms with E-state index in [0.717, 1.165) is 0 Å². The second kappa shape index (κ2) is 5.17. The van der Waals surface area contributed by atoms with Crippen molar-refractivity contribution in [2.45, 2.75) is 30.6 Å². The number of hydrogen-bond donors (Lipinski definition) is 4. The Balaban J connectivity index is 2.74. The zero-order valence-corrected chi connectivity index (χ0v) is 8.65. The van der Waals surface area contributed by atoms with Crippen LogP contribution < -0.4 is 0 Å². The molecule has 0 amide bonds. The second-order valence-corrected chi connectivity index (χ2v) is 3.45. The number of rotatable bonds is 3. The van der Waals surface area contributed by atoms with E-state index in [0.29, 0.717) is 0 Å². The minimum absolute atomic E-state index is 0.445. The maximum Gasteiger partial charge on any atom is 0.161 e. The SMILES string of the molecule is CON(C)[C@@H]1OC(CO)[C@@H](O)C(O)[C@@H]1O. The van der Waals surface area contributed by atoms with Crippen LogP contribution in [-0.4, -0.2) is 76.9 Å². The van der Waals surface area contributed by atoms with Crippen LogP contribution in [0.5, 0.6) is 0 Å². The first-order valence-electron chi connectivity index (χ1n) is 4.60. The van der Waals surface area contributed by atoms with E-state index in [1.54, 1.807) is 0 Å². The molecular formula is C8H17NO6. The molecule has 0 aromatic rings. The summed E-state index contributed by atoms with van der Waals surface area (Å²) >= 11 is 0. The van der Waals surface area contributed by atoms with Gasteiger partial charge in [-0.15, -0.1) is 0 Å². The van der Waals surface area contributed by atoms with Crippen molar-refractivity contribution in [3.8, 4) is 0 Å². The average molecular weight is 223 g/mol. The molecule has 1 fully saturated rings. The predicted octanol–water partition coefficient (Wildman–Crippen LogP) is -2.72. The van der Waals surface area contributed by atoms with E-state index >= 15 is 0 Å². The standard InChI is InChI=1S/C8H17NO6/c1-9(14-2)8-7(13)6(12)5(11)4(3-10)15-8/h4-8,10-13H,3H2,1-2H3/t4?,5-,6?,7+,8-/m1/s1. The minimum atomic E-state index is -1.38. The van der Waals surface area contributed by atoms with Gasteiger partial charge in [0.15, 0.2) is 6.23 Å². The van der Waals surface area contributed by atoms with Crippen molar-refractivity contribution < 1.29 is 30.0 Å². The largest absolute Gasteiger partial charge is 0.394 e. The molecule has 1 heterocycles. The normalized spacial score (nSPS) is 42.2. The van der Waals surface area contributed by atoms with Crippen LogP contribution in [-0.2, 0) is 9.57 Å². The molecule has 1 saturated heterocycles. The van der Waals surface area contributed by atoms with Crippen LogP contribution >= 0.6 is 0 Å². The molecule has 7 nitrogen and oxygen atoms in total. The predicted molar refractivity (Wildman–Crippen MR) is 48.5 cm³/mol. The van der Waals surface area contributed by atoms with Gasteiger partial charge in [-0.3, -0.25) is 4.84 Å². The zero-order valence-electron chi connectivity index (χ0n) is 8.65. The summed E-state index contributed by atoms with van der Waals surface area (Å²) in [6, 6.07) is 0. The van der Waals surface area contributed by atoms with Crippen LogP contribution in [0.2, 0.25) is 0 Å². The highest BCUT2D eigenvalue weighted by molar-refractivity contribution is 4.90. The number of ether oxygens (including phenoxy) is 1. The molecule has 2 unspecified atom stereocenters. The third kappa shape index (κ3) is 2.45. The Morgan fingerprint density at radius 2 is 1.80 bits per heavy atom. The molecule has 1 aliphatic heterocycles. The summed E-state index contributed by atoms with van der Waals surface area (Å²) in [5.74, 6) is 0. The van der Waals surface area contributed by atoms with Crippen molar-refractivity contribution >= 4 is 0 Å². The molecule has 15 heavy (non-hydrogen) atoms. The van der Waals surface area contributed by atoms with E-state index in [1.807, 2.05) is 0 Å². The van der Waals surface area contributed by atoms with Gasteiger partial charge in [0.2, 0.25) is 0 Å². The summed E-state index contributed by atoms with van der Waals surface area (Å²) in [6.45, 7) is -0.445. The highest BCUT2D eigenvalue weighted by atomic mass is 16.7. The third-order valence-corrected chi connectivity index (χ3v) is 2.51. The monoisotopic (exact) mass is 223 g/mol. The lowest BCUT2D eigenvalue weighted by Crippen LogP contribution is -2.62. The number of likely N-dealkylation sites (N-methyl/N-ethyl adjacent to an activating group) is 1. The molecule has 0 bridgehead atoms. The van der Waals surface area contributed by atoms with E-state index in [1.165, 1.54) is 19.2 Å². The van der Waals surface area contributed by atoms with Crippen LogP contribution in [0.15, 0.2) is 0 Å². The van der Waals surface area contributed by atoms with Crippen LogP contribution in [0.4, 0.5) is 0 Å². The molecule has 5 atom stereocenters. The Hall–Kier alpha value is -0.280. The van der Waals surface area contributed by atoms with Crippen LogP contribution in [0.1, 0.15) is 0 Å². The number of hydrogen-bond acceptors (Lipinski definition) is 7. The Labute approximate surface area is 87.4 Å². The third-order valence-electron chi connectivity index (χ3n) is 2.51. The molecular weight excluding hydrogens is 206 g/mol. The van der Waals surface area contributed by atoms with Crippen LogP contribution in [0, 0.1) is 0 Å². The fourth-order valence-electron chi connectivity index (χ4n) is 1.49. The van der Waals surface area contributed by atoms with E-state index in [-0.39, 0.29) is 0 Å². The van der Waals surface area contributed by atoms with E-state index < -0.39 is 37.3 Å². The topological polar surface area (TPSA) is 103 Å². The smallest absolute Gasteiger partial charge is 0.161 e. The lowest BCUT2D eigenvalue weighted by atomic mass is 9.98. The minimum Gasteiger partial charge on any atom is -0.394 e. The van der Waals surface area contributed by atoms with E-state index in [4.69, 9.17) is 14.7 Å². The number of aliphatic hydroxyl groups excluding tert-OH is 4. The maximum atomic E-state index is 9.58. The van der Waals surface area contributed by atoms with Gasteiger partial charge in [0.25, 0.3) is 0 Å². The number of hydroxylamine groups is 2. The molecule has 1 rings (SSSR count). The average Bonchev–Trinajstić information content (AvgIpc) is 2.25. The second-order valence-electron chi connectivity index (χ2n) is 3.45. The van der Waals surface area contributed by atoms with Gasteiger partial charge in [-0.2, -0.15) is 5.06 Å². The highest BCUT2D eigenvalue weighted by Crippen LogP contribution is 2.22. The molecule has 0 aliphatic carbocycles. The summed E-state index contributed by atoms with van der Waals surface area (Å²) in [5, 5.41) is 38.6. The first-order chi connectivity index (χ1) is 7.02. The van der Waals surface area contributed by atoms with Gasteiger partial charge in [-0.05, 0) is 0 Å². The summed E-state index contributed by atoms with van der Waals surface area (Å²) in [7, 11) is 2.88. The summed E-state index contributed by atoms with van der Waals surface area (Å²) in [5.41, 5.74) is 0. The fraction of sp³-hybridized carbons (Fsp3) is 1.00.